The van der Waals surface area contributed by atoms with Crippen molar-refractivity contribution < 1.29 is 13.6 Å². The van der Waals surface area contributed by atoms with E-state index in [2.05, 4.69) is 0 Å². The van der Waals surface area contributed by atoms with Gasteiger partial charge in [-0.1, -0.05) is 57.2 Å². The van der Waals surface area contributed by atoms with Crippen molar-refractivity contribution in [3.05, 3.63) is 77.4 Å². The smallest absolute Gasteiger partial charge is 0.228 e. The molecular weight excluding hydrogens is 332 g/mol. The van der Waals surface area contributed by atoms with Crippen LogP contribution in [0.4, 0.5) is 8.78 Å². The minimum Gasteiger partial charge on any atom is -0.337 e. The molecule has 0 aliphatic carbocycles. The Balaban J connectivity index is 2.04. The summed E-state index contributed by atoms with van der Waals surface area (Å²) in [7, 11) is 0. The van der Waals surface area contributed by atoms with Crippen molar-refractivity contribution in [3.63, 3.8) is 0 Å². The van der Waals surface area contributed by atoms with Gasteiger partial charge in [0.25, 0.3) is 0 Å². The lowest BCUT2D eigenvalue weighted by Crippen LogP contribution is -2.44. The summed E-state index contributed by atoms with van der Waals surface area (Å²) in [6.45, 7) is 6.41. The highest BCUT2D eigenvalue weighted by atomic mass is 19.1. The fourth-order valence-electron chi connectivity index (χ4n) is 3.31. The summed E-state index contributed by atoms with van der Waals surface area (Å²) in [4.78, 5) is 14.6. The molecule has 1 unspecified atom stereocenters. The van der Waals surface area contributed by atoms with Gasteiger partial charge in [0.05, 0.1) is 0 Å². The van der Waals surface area contributed by atoms with Crippen molar-refractivity contribution in [2.45, 2.75) is 26.7 Å². The third kappa shape index (κ3) is 3.85. The van der Waals surface area contributed by atoms with Gasteiger partial charge in [0.2, 0.25) is 5.91 Å². The predicted octanol–water partition coefficient (Wildman–Crippen LogP) is 5.02. The van der Waals surface area contributed by atoms with E-state index in [-0.39, 0.29) is 23.9 Å². The molecule has 0 aromatic heterocycles. The SMILES string of the molecule is CC(C)(C)C(=O)N1CC(c2cc(F)ccc2F)=CC(c2ccccc2)C1. The van der Waals surface area contributed by atoms with Crippen LogP contribution in [0.15, 0.2) is 54.6 Å². The van der Waals surface area contributed by atoms with E-state index in [0.29, 0.717) is 12.1 Å². The topological polar surface area (TPSA) is 20.3 Å². The quantitative estimate of drug-likeness (QED) is 0.741. The second-order valence-corrected chi connectivity index (χ2v) is 7.77. The van der Waals surface area contributed by atoms with Gasteiger partial charge < -0.3 is 4.90 Å². The first kappa shape index (κ1) is 18.3. The fourth-order valence-corrected chi connectivity index (χ4v) is 3.31. The molecule has 1 aliphatic rings. The zero-order valence-electron chi connectivity index (χ0n) is 15.3. The first-order valence-electron chi connectivity index (χ1n) is 8.76. The van der Waals surface area contributed by atoms with Gasteiger partial charge in [0.1, 0.15) is 11.6 Å². The van der Waals surface area contributed by atoms with Gasteiger partial charge in [-0.2, -0.15) is 0 Å². The molecular formula is C22H23F2NO. The zero-order chi connectivity index (χ0) is 18.9. The van der Waals surface area contributed by atoms with E-state index in [4.69, 9.17) is 0 Å². The van der Waals surface area contributed by atoms with Crippen LogP contribution in [-0.4, -0.2) is 23.9 Å². The number of benzene rings is 2. The summed E-state index contributed by atoms with van der Waals surface area (Å²) in [5.74, 6) is -1.03. The predicted molar refractivity (Wildman–Crippen MR) is 99.6 cm³/mol. The maximum Gasteiger partial charge on any atom is 0.228 e. The summed E-state index contributed by atoms with van der Waals surface area (Å²) in [6.07, 6.45) is 1.96. The molecule has 1 amide bonds. The molecule has 1 heterocycles. The highest BCUT2D eigenvalue weighted by molar-refractivity contribution is 5.84. The molecule has 0 saturated carbocycles. The van der Waals surface area contributed by atoms with Crippen molar-refractivity contribution in [2.24, 2.45) is 5.41 Å². The summed E-state index contributed by atoms with van der Waals surface area (Å²) < 4.78 is 28.0. The lowest BCUT2D eigenvalue weighted by molar-refractivity contribution is -0.139. The first-order valence-corrected chi connectivity index (χ1v) is 8.76. The zero-order valence-corrected chi connectivity index (χ0v) is 15.3. The molecule has 0 spiro atoms. The maximum atomic E-state index is 14.3. The van der Waals surface area contributed by atoms with Crippen LogP contribution in [-0.2, 0) is 4.79 Å². The largest absolute Gasteiger partial charge is 0.337 e. The normalized spacial score (nSPS) is 17.8. The molecule has 2 aromatic carbocycles. The third-order valence-electron chi connectivity index (χ3n) is 4.61. The van der Waals surface area contributed by atoms with Crippen molar-refractivity contribution in [1.29, 1.82) is 0 Å². The number of carbonyl (C=O) groups excluding carboxylic acids is 1. The van der Waals surface area contributed by atoms with Gasteiger partial charge in [0.15, 0.2) is 0 Å². The van der Waals surface area contributed by atoms with Crippen LogP contribution in [0.5, 0.6) is 0 Å². The van der Waals surface area contributed by atoms with Gasteiger partial charge >= 0.3 is 0 Å². The molecule has 0 saturated heterocycles. The van der Waals surface area contributed by atoms with E-state index in [1.165, 1.54) is 6.07 Å². The van der Waals surface area contributed by atoms with E-state index in [9.17, 15) is 13.6 Å². The van der Waals surface area contributed by atoms with Crippen molar-refractivity contribution >= 4 is 11.5 Å². The number of hydrogen-bond acceptors (Lipinski definition) is 1. The molecule has 2 aromatic rings. The molecule has 3 rings (SSSR count). The van der Waals surface area contributed by atoms with Crippen LogP contribution in [0, 0.1) is 17.0 Å². The fraction of sp³-hybridized carbons (Fsp3) is 0.318. The van der Waals surface area contributed by atoms with Crippen LogP contribution in [0.25, 0.3) is 5.57 Å². The monoisotopic (exact) mass is 355 g/mol. The van der Waals surface area contributed by atoms with E-state index in [0.717, 1.165) is 17.7 Å². The van der Waals surface area contributed by atoms with Gasteiger partial charge in [-0.15, -0.1) is 0 Å². The number of halogens is 2. The summed E-state index contributed by atoms with van der Waals surface area (Å²) >= 11 is 0. The average molecular weight is 355 g/mol. The number of rotatable bonds is 2. The Morgan fingerprint density at radius 2 is 1.77 bits per heavy atom. The Bertz CT molecular complexity index is 837. The first-order chi connectivity index (χ1) is 12.3. The lowest BCUT2D eigenvalue weighted by atomic mass is 9.87. The number of nitrogens with zero attached hydrogens (tertiary/aromatic N) is 1. The van der Waals surface area contributed by atoms with Crippen LogP contribution < -0.4 is 0 Å². The van der Waals surface area contributed by atoms with E-state index in [1.807, 2.05) is 57.2 Å². The van der Waals surface area contributed by atoms with Crippen molar-refractivity contribution in [1.82, 2.24) is 4.90 Å². The lowest BCUT2D eigenvalue weighted by Gasteiger charge is -2.36. The summed E-state index contributed by atoms with van der Waals surface area (Å²) in [6, 6.07) is 13.2. The third-order valence-corrected chi connectivity index (χ3v) is 4.61. The second kappa shape index (κ2) is 7.02. The minimum atomic E-state index is -0.538. The Hall–Kier alpha value is -2.49. The highest BCUT2D eigenvalue weighted by Crippen LogP contribution is 2.33. The molecule has 1 atom stereocenters. The van der Waals surface area contributed by atoms with E-state index in [1.54, 1.807) is 4.90 Å². The number of amides is 1. The van der Waals surface area contributed by atoms with Crippen LogP contribution in [0.3, 0.4) is 0 Å². The van der Waals surface area contributed by atoms with Crippen molar-refractivity contribution in [3.8, 4) is 0 Å². The second-order valence-electron chi connectivity index (χ2n) is 7.77. The van der Waals surface area contributed by atoms with Gasteiger partial charge in [-0.25, -0.2) is 8.78 Å². The summed E-state index contributed by atoms with van der Waals surface area (Å²) in [5, 5.41) is 0. The number of hydrogen-bond donors (Lipinski definition) is 0. The Morgan fingerprint density at radius 3 is 2.42 bits per heavy atom. The molecule has 136 valence electrons. The van der Waals surface area contributed by atoms with Crippen LogP contribution in [0.2, 0.25) is 0 Å². The van der Waals surface area contributed by atoms with Gasteiger partial charge in [-0.3, -0.25) is 4.79 Å². The average Bonchev–Trinajstić information content (AvgIpc) is 2.62. The van der Waals surface area contributed by atoms with Crippen LogP contribution >= 0.6 is 0 Å². The molecule has 2 nitrogen and oxygen atoms in total. The number of carbonyl (C=O) groups is 1. The Kier molecular flexibility index (Phi) is 4.94. The Labute approximate surface area is 153 Å². The van der Waals surface area contributed by atoms with E-state index < -0.39 is 17.0 Å². The summed E-state index contributed by atoms with van der Waals surface area (Å²) in [5.41, 5.74) is 1.37. The highest BCUT2D eigenvalue weighted by Gasteiger charge is 2.32. The molecule has 4 heteroatoms. The molecule has 1 aliphatic heterocycles. The molecule has 0 N–H and O–H groups in total. The standard InChI is InChI=1S/C22H23F2NO/c1-22(2,3)21(26)25-13-16(15-7-5-4-6-8-15)11-17(14-25)19-12-18(23)9-10-20(19)24/h4-12,16H,13-14H2,1-3H3. The van der Waals surface area contributed by atoms with Crippen molar-refractivity contribution in [2.75, 3.05) is 13.1 Å². The Morgan fingerprint density at radius 1 is 1.08 bits per heavy atom. The minimum absolute atomic E-state index is 0.000780. The molecule has 0 fully saturated rings. The molecule has 26 heavy (non-hydrogen) atoms. The van der Waals surface area contributed by atoms with Gasteiger partial charge in [-0.05, 0) is 29.3 Å². The molecule has 0 bridgehead atoms. The van der Waals surface area contributed by atoms with E-state index >= 15 is 0 Å². The molecule has 0 radical (unpaired) electrons. The maximum absolute atomic E-state index is 14.3. The van der Waals surface area contributed by atoms with Crippen LogP contribution in [0.1, 0.15) is 37.8 Å². The van der Waals surface area contributed by atoms with Gasteiger partial charge in [0, 0.05) is 30.0 Å².